The molecule has 4 heterocycles. The maximum absolute atomic E-state index is 5.57. The summed E-state index contributed by atoms with van der Waals surface area (Å²) in [5, 5.41) is 6.16. The zero-order valence-corrected chi connectivity index (χ0v) is 31.0. The van der Waals surface area contributed by atoms with Crippen molar-refractivity contribution in [1.82, 2.24) is 18.7 Å². The van der Waals surface area contributed by atoms with Crippen molar-refractivity contribution < 1.29 is 0 Å². The summed E-state index contributed by atoms with van der Waals surface area (Å²) in [5.74, 6) is 0.910. The Bertz CT molecular complexity index is 3450. The number of imidazole rings is 1. The number of thiophene rings is 1. The highest BCUT2D eigenvalue weighted by Gasteiger charge is 2.27. The van der Waals surface area contributed by atoms with E-state index >= 15 is 0 Å². The zero-order valence-electron chi connectivity index (χ0n) is 30.2. The van der Waals surface area contributed by atoms with Crippen LogP contribution in [0.3, 0.4) is 0 Å². The predicted octanol–water partition coefficient (Wildman–Crippen LogP) is 13.8. The Morgan fingerprint density at radius 3 is 1.70 bits per heavy atom. The number of rotatable bonds is 5. The fraction of sp³-hybridized carbons (Fsp3) is 0. The van der Waals surface area contributed by atoms with Crippen LogP contribution in [-0.4, -0.2) is 18.7 Å². The Balaban J connectivity index is 1.29. The van der Waals surface area contributed by atoms with E-state index in [-0.39, 0.29) is 0 Å². The second-order valence-electron chi connectivity index (χ2n) is 14.3. The summed E-state index contributed by atoms with van der Waals surface area (Å²) < 4.78 is 9.83. The number of para-hydroxylation sites is 3. The second kappa shape index (κ2) is 12.2. The van der Waals surface area contributed by atoms with E-state index in [2.05, 4.69) is 208 Å². The molecular formula is C51H32N4S. The lowest BCUT2D eigenvalue weighted by Crippen LogP contribution is -1.99. The molecule has 0 saturated carbocycles. The molecule has 12 rings (SSSR count). The molecule has 0 aliphatic rings. The molecular weight excluding hydrogens is 701 g/mol. The van der Waals surface area contributed by atoms with E-state index in [1.807, 2.05) is 11.3 Å². The highest BCUT2D eigenvalue weighted by Crippen LogP contribution is 2.47. The summed E-state index contributed by atoms with van der Waals surface area (Å²) in [4.78, 5) is 5.57. The minimum absolute atomic E-state index is 0.910. The number of hydrogen-bond donors (Lipinski definition) is 0. The first kappa shape index (κ1) is 31.2. The molecule has 56 heavy (non-hydrogen) atoms. The minimum Gasteiger partial charge on any atom is -0.307 e. The first-order valence-corrected chi connectivity index (χ1v) is 19.8. The van der Waals surface area contributed by atoms with Gasteiger partial charge in [0.2, 0.25) is 0 Å². The van der Waals surface area contributed by atoms with E-state index in [0.29, 0.717) is 0 Å². The van der Waals surface area contributed by atoms with Gasteiger partial charge in [0, 0.05) is 43.2 Å². The maximum Gasteiger partial charge on any atom is 0.165 e. The van der Waals surface area contributed by atoms with Gasteiger partial charge < -0.3 is 4.57 Å². The summed E-state index contributed by atoms with van der Waals surface area (Å²) in [6.45, 7) is 0. The summed E-state index contributed by atoms with van der Waals surface area (Å²) in [7, 11) is 0. The van der Waals surface area contributed by atoms with Crippen molar-refractivity contribution in [3.8, 4) is 39.6 Å². The molecule has 0 saturated heterocycles. The van der Waals surface area contributed by atoms with Crippen LogP contribution in [0.15, 0.2) is 194 Å². The van der Waals surface area contributed by atoms with Crippen molar-refractivity contribution in [2.24, 2.45) is 0 Å². The molecule has 262 valence electrons. The van der Waals surface area contributed by atoms with Crippen molar-refractivity contribution in [1.29, 1.82) is 0 Å². The lowest BCUT2D eigenvalue weighted by atomic mass is 10.0. The van der Waals surface area contributed by atoms with Gasteiger partial charge in [-0.2, -0.15) is 0 Å². The average molecular weight is 733 g/mol. The van der Waals surface area contributed by atoms with Crippen LogP contribution in [-0.2, 0) is 0 Å². The van der Waals surface area contributed by atoms with Gasteiger partial charge >= 0.3 is 0 Å². The van der Waals surface area contributed by atoms with Crippen LogP contribution in [0.1, 0.15) is 0 Å². The first-order chi connectivity index (χ1) is 27.8. The van der Waals surface area contributed by atoms with Gasteiger partial charge in [0.25, 0.3) is 0 Å². The lowest BCUT2D eigenvalue weighted by molar-refractivity contribution is 1.10. The zero-order chi connectivity index (χ0) is 36.7. The van der Waals surface area contributed by atoms with E-state index < -0.39 is 0 Å². The van der Waals surface area contributed by atoms with Gasteiger partial charge in [-0.15, -0.1) is 11.3 Å². The van der Waals surface area contributed by atoms with Crippen LogP contribution in [0, 0.1) is 0 Å². The third-order valence-corrected chi connectivity index (χ3v) is 12.5. The van der Waals surface area contributed by atoms with E-state index in [0.717, 1.165) is 39.4 Å². The fourth-order valence-corrected chi connectivity index (χ4v) is 10.2. The minimum atomic E-state index is 0.910. The van der Waals surface area contributed by atoms with Gasteiger partial charge in [-0.3, -0.25) is 9.13 Å². The van der Waals surface area contributed by atoms with E-state index in [1.54, 1.807) is 0 Å². The first-order valence-electron chi connectivity index (χ1n) is 19.0. The molecule has 5 heteroatoms. The van der Waals surface area contributed by atoms with Gasteiger partial charge in [0.05, 0.1) is 32.3 Å². The normalized spacial score (nSPS) is 11.9. The quantitative estimate of drug-likeness (QED) is 0.173. The molecule has 0 radical (unpaired) electrons. The van der Waals surface area contributed by atoms with E-state index in [1.165, 1.54) is 64.2 Å². The molecule has 0 aliphatic carbocycles. The summed E-state index contributed by atoms with van der Waals surface area (Å²) in [6.07, 6.45) is 0. The molecule has 0 fully saturated rings. The topological polar surface area (TPSA) is 27.7 Å². The Morgan fingerprint density at radius 1 is 0.375 bits per heavy atom. The lowest BCUT2D eigenvalue weighted by Gasteiger charge is -2.13. The molecule has 0 spiro atoms. The van der Waals surface area contributed by atoms with Gasteiger partial charge in [0.1, 0.15) is 11.3 Å². The van der Waals surface area contributed by atoms with Crippen molar-refractivity contribution in [2.75, 3.05) is 0 Å². The van der Waals surface area contributed by atoms with Crippen LogP contribution >= 0.6 is 11.3 Å². The van der Waals surface area contributed by atoms with Crippen molar-refractivity contribution in [3.63, 3.8) is 0 Å². The van der Waals surface area contributed by atoms with Crippen LogP contribution in [0.5, 0.6) is 0 Å². The molecule has 0 unspecified atom stereocenters. The number of fused-ring (bicyclic) bond motifs is 10. The van der Waals surface area contributed by atoms with Crippen LogP contribution < -0.4 is 0 Å². The Morgan fingerprint density at radius 2 is 0.964 bits per heavy atom. The molecule has 8 aromatic carbocycles. The summed E-state index contributed by atoms with van der Waals surface area (Å²) in [5.41, 5.74) is 12.4. The molecule has 0 atom stereocenters. The van der Waals surface area contributed by atoms with E-state index in [4.69, 9.17) is 4.98 Å². The van der Waals surface area contributed by atoms with Gasteiger partial charge in [-0.05, 0) is 53.6 Å². The molecule has 0 bridgehead atoms. The third-order valence-electron chi connectivity index (χ3n) is 11.3. The predicted molar refractivity (Wildman–Crippen MR) is 236 cm³/mol. The van der Waals surface area contributed by atoms with Gasteiger partial charge in [0.15, 0.2) is 5.65 Å². The SMILES string of the molecule is c1ccc(-c2cccc3c2sc2c(-n4c5ccccc5c5ccc6c(c7c(nc(-c8ccccc8)n7-c7ccccc7)n6-c6ccccc6)c54)cccc23)cc1. The Kier molecular flexibility index (Phi) is 6.76. The smallest absolute Gasteiger partial charge is 0.165 e. The van der Waals surface area contributed by atoms with Gasteiger partial charge in [-0.25, -0.2) is 4.98 Å². The highest BCUT2D eigenvalue weighted by atomic mass is 32.1. The Hall–Kier alpha value is -7.21. The molecule has 4 aromatic heterocycles. The number of aromatic nitrogens is 4. The Labute approximate surface area is 326 Å². The van der Waals surface area contributed by atoms with Crippen molar-refractivity contribution >= 4 is 75.4 Å². The van der Waals surface area contributed by atoms with Crippen LogP contribution in [0.25, 0.3) is 104 Å². The molecule has 12 aromatic rings. The number of hydrogen-bond acceptors (Lipinski definition) is 2. The van der Waals surface area contributed by atoms with Crippen LogP contribution in [0.2, 0.25) is 0 Å². The third kappa shape index (κ3) is 4.43. The summed E-state index contributed by atoms with van der Waals surface area (Å²) in [6, 6.07) is 69.8. The van der Waals surface area contributed by atoms with E-state index in [9.17, 15) is 0 Å². The second-order valence-corrected chi connectivity index (χ2v) is 15.3. The summed E-state index contributed by atoms with van der Waals surface area (Å²) >= 11 is 1.89. The van der Waals surface area contributed by atoms with Crippen LogP contribution in [0.4, 0.5) is 0 Å². The number of benzene rings is 8. The standard InChI is InChI=1S/C51H32N4S/c1-5-17-33(18-6-1)37-26-15-27-40-41-28-16-30-44(49(41)56-48(37)40)55-42-29-14-13-25-38(42)39-31-32-43-45(46(39)55)47-51(53(43)35-21-9-3-10-22-35)52-50(34-19-7-2-8-20-34)54(47)36-23-11-4-12-24-36/h1-32H. The monoisotopic (exact) mass is 732 g/mol. The average Bonchev–Trinajstić information content (AvgIpc) is 4.02. The fourth-order valence-electron chi connectivity index (χ4n) is 8.89. The van der Waals surface area contributed by atoms with Crippen molar-refractivity contribution in [2.45, 2.75) is 0 Å². The largest absolute Gasteiger partial charge is 0.307 e. The van der Waals surface area contributed by atoms with Gasteiger partial charge in [-0.1, -0.05) is 152 Å². The molecule has 4 nitrogen and oxygen atoms in total. The molecule has 0 N–H and O–H groups in total. The molecule has 0 aliphatic heterocycles. The maximum atomic E-state index is 5.57. The van der Waals surface area contributed by atoms with Crippen molar-refractivity contribution in [3.05, 3.63) is 194 Å². The molecule has 0 amide bonds. The highest BCUT2D eigenvalue weighted by molar-refractivity contribution is 7.26. The number of nitrogens with zero attached hydrogens (tertiary/aromatic N) is 4.